The number of amides is 6. The Morgan fingerprint density at radius 3 is 2.13 bits per heavy atom. The van der Waals surface area contributed by atoms with Crippen molar-refractivity contribution in [1.82, 2.24) is 20.9 Å². The van der Waals surface area contributed by atoms with Gasteiger partial charge in [0.1, 0.15) is 12.1 Å². The van der Waals surface area contributed by atoms with Crippen LogP contribution in [0, 0.1) is 5.92 Å². The van der Waals surface area contributed by atoms with E-state index in [0.29, 0.717) is 21.7 Å². The van der Waals surface area contributed by atoms with Crippen LogP contribution < -0.4 is 21.3 Å². The summed E-state index contributed by atoms with van der Waals surface area (Å²) in [5.41, 5.74) is 8.82. The molecule has 0 spiro atoms. The van der Waals surface area contributed by atoms with Crippen molar-refractivity contribution in [2.75, 3.05) is 25.5 Å². The van der Waals surface area contributed by atoms with E-state index in [1.165, 1.54) is 14.0 Å². The van der Waals surface area contributed by atoms with Crippen LogP contribution >= 0.6 is 0 Å². The van der Waals surface area contributed by atoms with Crippen molar-refractivity contribution in [3.63, 3.8) is 0 Å². The van der Waals surface area contributed by atoms with Crippen LogP contribution in [0.2, 0.25) is 0 Å². The average molecular weight is 787 g/mol. The number of hydrogen-bond donors (Lipinski definition) is 4. The van der Waals surface area contributed by atoms with Gasteiger partial charge in [-0.1, -0.05) is 43.3 Å². The van der Waals surface area contributed by atoms with E-state index in [2.05, 4.69) is 21.3 Å². The maximum absolute atomic E-state index is 13.2. The summed E-state index contributed by atoms with van der Waals surface area (Å²) >= 11 is 0. The van der Waals surface area contributed by atoms with Gasteiger partial charge in [-0.3, -0.25) is 38.5 Å². The van der Waals surface area contributed by atoms with E-state index < -0.39 is 66.3 Å². The molecule has 5 N–H and O–H groups in total. The van der Waals surface area contributed by atoms with Gasteiger partial charge in [0.15, 0.2) is 11.6 Å². The predicted molar refractivity (Wildman–Crippen MR) is 155 cm³/mol. The van der Waals surface area contributed by atoms with Gasteiger partial charge in [0.25, 0.3) is 0 Å². The molecule has 2 aliphatic rings. The molecule has 0 bridgehead atoms. The number of nitrogens with zero attached hydrogens (tertiary/aromatic N) is 1. The Kier molecular flexibility index (Phi) is 11.5. The van der Waals surface area contributed by atoms with Gasteiger partial charge in [-0.2, -0.15) is 0 Å². The van der Waals surface area contributed by atoms with Crippen molar-refractivity contribution >= 4 is 52.7 Å². The molecule has 4 rings (SSSR count). The number of hydrogen-bond acceptors (Lipinski definition) is 9. The minimum Gasteiger partial charge on any atom is -0.668 e. The van der Waals surface area contributed by atoms with Gasteiger partial charge in [0.2, 0.25) is 29.5 Å². The Morgan fingerprint density at radius 2 is 1.53 bits per heavy atom. The Balaban J connectivity index is 0.00000552. The van der Waals surface area contributed by atoms with Crippen molar-refractivity contribution in [2.24, 2.45) is 5.92 Å². The van der Waals surface area contributed by atoms with Gasteiger partial charge in [-0.25, -0.2) is 0 Å². The first-order valence-corrected chi connectivity index (χ1v) is 13.9. The minimum atomic E-state index is -1.64. The number of anilines is 1. The fourth-order valence-electron chi connectivity index (χ4n) is 5.21. The second-order valence-electron chi connectivity index (χ2n) is 10.4. The second kappa shape index (κ2) is 14.8. The van der Waals surface area contributed by atoms with Crippen LogP contribution in [0.25, 0.3) is 5.73 Å². The van der Waals surface area contributed by atoms with E-state index in [0.717, 1.165) is 0 Å². The molecule has 1 fully saturated rings. The minimum absolute atomic E-state index is 0. The third-order valence-electron chi connectivity index (χ3n) is 7.39. The molecule has 0 radical (unpaired) electrons. The summed E-state index contributed by atoms with van der Waals surface area (Å²) in [6.07, 6.45) is -1.44. The maximum atomic E-state index is 13.2. The van der Waals surface area contributed by atoms with E-state index in [1.807, 2.05) is 0 Å². The molecule has 3 unspecified atom stereocenters. The Bertz CT molecular complexity index is 1580. The normalized spacial score (nSPS) is 16.5. The number of carbonyl (C=O) groups excluding carboxylic acids is 8. The number of imide groups is 1. The van der Waals surface area contributed by atoms with Gasteiger partial charge in [0.05, 0.1) is 17.9 Å². The number of ketones is 2. The Hall–Kier alpha value is -4.71. The molecular formula is C30H31N6O8W-. The van der Waals surface area contributed by atoms with Crippen molar-refractivity contribution < 1.29 is 59.4 Å². The topological polar surface area (TPSA) is 212 Å². The molecule has 1 saturated heterocycles. The van der Waals surface area contributed by atoms with E-state index >= 15 is 0 Å². The van der Waals surface area contributed by atoms with E-state index in [-0.39, 0.29) is 63.3 Å². The van der Waals surface area contributed by atoms with Gasteiger partial charge >= 0.3 is 0 Å². The molecule has 2 aromatic carbocycles. The summed E-state index contributed by atoms with van der Waals surface area (Å²) in [6, 6.07) is 8.36. The van der Waals surface area contributed by atoms with Gasteiger partial charge in [0, 0.05) is 82.3 Å². The van der Waals surface area contributed by atoms with Gasteiger partial charge in [-0.15, -0.1) is 0 Å². The first-order chi connectivity index (χ1) is 20.9. The van der Waals surface area contributed by atoms with Crippen LogP contribution in [0.3, 0.4) is 0 Å². The fourth-order valence-corrected chi connectivity index (χ4v) is 5.21. The third kappa shape index (κ3) is 7.51. The molecule has 2 aromatic rings. The molecule has 15 heteroatoms. The summed E-state index contributed by atoms with van der Waals surface area (Å²) < 4.78 is 0. The van der Waals surface area contributed by atoms with Gasteiger partial charge < -0.3 is 31.8 Å². The quantitative estimate of drug-likeness (QED) is 0.147. The summed E-state index contributed by atoms with van der Waals surface area (Å²) in [7, 11) is 1.29. The van der Waals surface area contributed by atoms with Crippen LogP contribution in [0.4, 0.5) is 5.69 Å². The van der Waals surface area contributed by atoms with Crippen LogP contribution in [0.5, 0.6) is 0 Å². The molecule has 3 atom stereocenters. The number of carbonyl (C=O) groups is 8. The van der Waals surface area contributed by atoms with Crippen LogP contribution in [0.15, 0.2) is 42.5 Å². The monoisotopic (exact) mass is 787 g/mol. The van der Waals surface area contributed by atoms with Crippen molar-refractivity contribution in [1.29, 1.82) is 0 Å². The molecule has 0 aromatic heterocycles. The zero-order valence-corrected chi connectivity index (χ0v) is 27.4. The zero-order chi connectivity index (χ0) is 32.1. The maximum Gasteiger partial charge on any atom is 0.244 e. The molecule has 6 amide bonds. The molecular weight excluding hydrogens is 756 g/mol. The summed E-state index contributed by atoms with van der Waals surface area (Å²) in [5, 5.41) is 10.3. The molecule has 1 aliphatic heterocycles. The number of nitrogens with one attached hydrogen (secondary N) is 5. The predicted octanol–water partition coefficient (Wildman–Crippen LogP) is 0.341. The molecule has 0 saturated carbocycles. The zero-order valence-electron chi connectivity index (χ0n) is 24.4. The Morgan fingerprint density at radius 1 is 0.889 bits per heavy atom. The third-order valence-corrected chi connectivity index (χ3v) is 7.39. The van der Waals surface area contributed by atoms with Crippen LogP contribution in [-0.2, 0) is 49.8 Å². The standard InChI is InChI=1S/C30H32N6O8.W/c1-15-12-24(39)36(30(15)44)21(14-22(31)37)29(43)35-20(28(42)32-2)13-23(38)34-11-10-33-19-9-5-8-18-25(19)27(41)17-7-4-3-6-16(17)26(18)40;/h3-9,15,20-21H,10-14H2,1-2H3,(H6,31,32,33,34,35,37,38,41,42,43);/p-1. The summed E-state index contributed by atoms with van der Waals surface area (Å²) in [6.45, 7) is 1.68. The van der Waals surface area contributed by atoms with E-state index in [9.17, 15) is 38.4 Å². The van der Waals surface area contributed by atoms with E-state index in [4.69, 9.17) is 5.73 Å². The number of likely N-dealkylation sites (N-methyl/N-ethyl adjacent to an activating group) is 1. The van der Waals surface area contributed by atoms with E-state index in [1.54, 1.807) is 42.5 Å². The molecule has 236 valence electrons. The summed E-state index contributed by atoms with van der Waals surface area (Å²) in [4.78, 5) is 101. The van der Waals surface area contributed by atoms with Crippen LogP contribution in [0.1, 0.15) is 58.0 Å². The van der Waals surface area contributed by atoms with Crippen molar-refractivity contribution in [3.8, 4) is 0 Å². The van der Waals surface area contributed by atoms with Crippen LogP contribution in [-0.4, -0.2) is 84.1 Å². The molecule has 45 heavy (non-hydrogen) atoms. The SMILES string of the molecule is CNC(=O)C(CC(=O)NCCNc1cccc2c1C(=O)c1ccccc1C2=O)NC(=O)C(CC([NH-])=O)N1C(=O)CC(C)C1=O.[W]. The molecule has 1 aliphatic carbocycles. The second-order valence-corrected chi connectivity index (χ2v) is 10.4. The smallest absolute Gasteiger partial charge is 0.244 e. The largest absolute Gasteiger partial charge is 0.668 e. The first-order valence-electron chi connectivity index (χ1n) is 13.9. The number of likely N-dealkylation sites (tertiary alicyclic amines) is 1. The number of fused-ring (bicyclic) bond motifs is 2. The fraction of sp³-hybridized carbons (Fsp3) is 0.333. The first kappa shape index (κ1) is 34.8. The molecule has 14 nitrogen and oxygen atoms in total. The van der Waals surface area contributed by atoms with Crippen molar-refractivity contribution in [2.45, 2.75) is 38.3 Å². The van der Waals surface area contributed by atoms with Gasteiger partial charge in [-0.05, 0) is 6.07 Å². The Labute approximate surface area is 272 Å². The summed E-state index contributed by atoms with van der Waals surface area (Å²) in [5.74, 6) is -6.22. The van der Waals surface area contributed by atoms with Crippen molar-refractivity contribution in [3.05, 3.63) is 70.5 Å². The number of rotatable bonds is 12. The average Bonchev–Trinajstić information content (AvgIpc) is 3.25. The number of benzene rings is 2. The molecule has 1 heterocycles.